The first-order chi connectivity index (χ1) is 9.11. The number of amides is 1. The van der Waals surface area contributed by atoms with Crippen molar-refractivity contribution in [3.63, 3.8) is 0 Å². The third kappa shape index (κ3) is 2.18. The zero-order valence-corrected chi connectivity index (χ0v) is 10.4. The van der Waals surface area contributed by atoms with Gasteiger partial charge < -0.3 is 10.0 Å². The van der Waals surface area contributed by atoms with Gasteiger partial charge in [-0.2, -0.15) is 0 Å². The summed E-state index contributed by atoms with van der Waals surface area (Å²) in [5.41, 5.74) is -0.0442. The van der Waals surface area contributed by atoms with E-state index in [-0.39, 0.29) is 23.8 Å². The van der Waals surface area contributed by atoms with Crippen LogP contribution >= 0.6 is 0 Å². The lowest BCUT2D eigenvalue weighted by Crippen LogP contribution is -2.41. The fraction of sp³-hybridized carbons (Fsp3) is 0.727. The first-order valence-electron chi connectivity index (χ1n) is 6.32. The number of carbonyl (C=O) groups excluding carboxylic acids is 1. The molecule has 2 aliphatic rings. The molecule has 2 heterocycles. The Labute approximate surface area is 109 Å². The second-order valence-electron chi connectivity index (χ2n) is 5.35. The van der Waals surface area contributed by atoms with Gasteiger partial charge in [-0.1, -0.05) is 0 Å². The summed E-state index contributed by atoms with van der Waals surface area (Å²) in [5, 5.41) is 19.6. The molecule has 1 aliphatic heterocycles. The van der Waals surface area contributed by atoms with Crippen LogP contribution in [0, 0.1) is 11.3 Å². The van der Waals surface area contributed by atoms with E-state index in [2.05, 4.69) is 15.5 Å². The van der Waals surface area contributed by atoms with Gasteiger partial charge in [0.25, 0.3) is 0 Å². The van der Waals surface area contributed by atoms with Crippen molar-refractivity contribution in [2.75, 3.05) is 13.1 Å². The summed E-state index contributed by atoms with van der Waals surface area (Å²) < 4.78 is 1.39. The SMILES string of the molecule is O=C(O)C1CC12CCN(C(=O)Cn1cnnn1)CC2. The van der Waals surface area contributed by atoms with Crippen molar-refractivity contribution in [1.29, 1.82) is 0 Å². The summed E-state index contributed by atoms with van der Waals surface area (Å²) in [6.07, 6.45) is 3.73. The van der Waals surface area contributed by atoms with Gasteiger partial charge >= 0.3 is 5.97 Å². The maximum Gasteiger partial charge on any atom is 0.307 e. The van der Waals surface area contributed by atoms with Gasteiger partial charge in [-0.15, -0.1) is 5.10 Å². The zero-order chi connectivity index (χ0) is 13.5. The molecule has 1 amide bonds. The molecule has 1 spiro atoms. The first-order valence-corrected chi connectivity index (χ1v) is 6.32. The monoisotopic (exact) mass is 265 g/mol. The number of likely N-dealkylation sites (tertiary alicyclic amines) is 1. The number of nitrogens with zero attached hydrogens (tertiary/aromatic N) is 5. The fourth-order valence-corrected chi connectivity index (χ4v) is 2.94. The number of tetrazole rings is 1. The van der Waals surface area contributed by atoms with Crippen molar-refractivity contribution in [1.82, 2.24) is 25.1 Å². The van der Waals surface area contributed by atoms with E-state index in [1.807, 2.05) is 0 Å². The van der Waals surface area contributed by atoms with E-state index in [4.69, 9.17) is 5.11 Å². The highest BCUT2D eigenvalue weighted by molar-refractivity contribution is 5.77. The Morgan fingerprint density at radius 2 is 2.11 bits per heavy atom. The summed E-state index contributed by atoms with van der Waals surface area (Å²) in [7, 11) is 0. The molecule has 0 bridgehead atoms. The van der Waals surface area contributed by atoms with Crippen LogP contribution in [-0.4, -0.2) is 55.2 Å². The maximum atomic E-state index is 12.0. The molecule has 8 heteroatoms. The lowest BCUT2D eigenvalue weighted by atomic mass is 9.91. The molecular formula is C11H15N5O3. The Bertz CT molecular complexity index is 492. The van der Waals surface area contributed by atoms with E-state index >= 15 is 0 Å². The molecule has 8 nitrogen and oxygen atoms in total. The number of hydrogen-bond acceptors (Lipinski definition) is 5. The van der Waals surface area contributed by atoms with Gasteiger partial charge in [-0.3, -0.25) is 9.59 Å². The second kappa shape index (κ2) is 4.29. The van der Waals surface area contributed by atoms with Crippen LogP contribution in [0.3, 0.4) is 0 Å². The average molecular weight is 265 g/mol. The Balaban J connectivity index is 1.53. The molecule has 1 saturated heterocycles. The third-order valence-corrected chi connectivity index (χ3v) is 4.29. The largest absolute Gasteiger partial charge is 0.481 e. The highest BCUT2D eigenvalue weighted by Crippen LogP contribution is 2.59. The van der Waals surface area contributed by atoms with Gasteiger partial charge in [0.05, 0.1) is 5.92 Å². The molecule has 0 radical (unpaired) electrons. The number of aromatic nitrogens is 4. The highest BCUT2D eigenvalue weighted by atomic mass is 16.4. The molecule has 19 heavy (non-hydrogen) atoms. The van der Waals surface area contributed by atoms with Crippen molar-refractivity contribution in [2.45, 2.75) is 25.8 Å². The number of rotatable bonds is 3. The van der Waals surface area contributed by atoms with E-state index in [9.17, 15) is 9.59 Å². The number of hydrogen-bond donors (Lipinski definition) is 1. The van der Waals surface area contributed by atoms with Crippen molar-refractivity contribution >= 4 is 11.9 Å². The molecule has 1 unspecified atom stereocenters. The number of aliphatic carboxylic acids is 1. The van der Waals surface area contributed by atoms with Crippen LogP contribution < -0.4 is 0 Å². The number of piperidine rings is 1. The Morgan fingerprint density at radius 3 is 2.63 bits per heavy atom. The quantitative estimate of drug-likeness (QED) is 0.782. The van der Waals surface area contributed by atoms with Gasteiger partial charge in [-0.25, -0.2) is 4.68 Å². The summed E-state index contributed by atoms with van der Waals surface area (Å²) >= 11 is 0. The van der Waals surface area contributed by atoms with Crippen molar-refractivity contribution in [3.8, 4) is 0 Å². The van der Waals surface area contributed by atoms with Crippen molar-refractivity contribution in [2.24, 2.45) is 11.3 Å². The molecule has 1 aromatic rings. The fourth-order valence-electron chi connectivity index (χ4n) is 2.94. The third-order valence-electron chi connectivity index (χ3n) is 4.29. The van der Waals surface area contributed by atoms with Crippen LogP contribution in [0.4, 0.5) is 0 Å². The topological polar surface area (TPSA) is 101 Å². The lowest BCUT2D eigenvalue weighted by Gasteiger charge is -2.32. The van der Waals surface area contributed by atoms with Crippen molar-refractivity contribution < 1.29 is 14.7 Å². The molecule has 1 aliphatic carbocycles. The predicted octanol–water partition coefficient (Wildman–Crippen LogP) is -0.614. The van der Waals surface area contributed by atoms with E-state index < -0.39 is 5.97 Å². The highest BCUT2D eigenvalue weighted by Gasteiger charge is 2.59. The molecule has 2 fully saturated rings. The minimum atomic E-state index is -0.700. The lowest BCUT2D eigenvalue weighted by molar-refractivity contribution is -0.140. The Kier molecular flexibility index (Phi) is 2.72. The molecule has 1 atom stereocenters. The maximum absolute atomic E-state index is 12.0. The summed E-state index contributed by atoms with van der Waals surface area (Å²) in [4.78, 5) is 24.7. The van der Waals surface area contributed by atoms with E-state index in [1.54, 1.807) is 4.90 Å². The van der Waals surface area contributed by atoms with E-state index in [0.29, 0.717) is 13.1 Å². The van der Waals surface area contributed by atoms with Crippen LogP contribution in [0.15, 0.2) is 6.33 Å². The van der Waals surface area contributed by atoms with Gasteiger partial charge in [0.15, 0.2) is 0 Å². The van der Waals surface area contributed by atoms with E-state index in [0.717, 1.165) is 19.3 Å². The standard InChI is InChI=1S/C11H15N5O3/c17-9(6-16-7-12-13-14-16)15-3-1-11(2-4-15)5-8(11)10(18)19/h7-8H,1-6H2,(H,18,19). The molecule has 0 aromatic carbocycles. The minimum absolute atomic E-state index is 0.0188. The average Bonchev–Trinajstić information content (AvgIpc) is 2.84. The summed E-state index contributed by atoms with van der Waals surface area (Å²) in [6.45, 7) is 1.40. The van der Waals surface area contributed by atoms with Crippen LogP contribution in [0.2, 0.25) is 0 Å². The van der Waals surface area contributed by atoms with Gasteiger partial charge in [0.2, 0.25) is 5.91 Å². The Hall–Kier alpha value is -1.99. The van der Waals surface area contributed by atoms with E-state index in [1.165, 1.54) is 11.0 Å². The number of carboxylic acid groups (broad SMARTS) is 1. The van der Waals surface area contributed by atoms with Crippen LogP contribution in [-0.2, 0) is 16.1 Å². The zero-order valence-electron chi connectivity index (χ0n) is 10.4. The second-order valence-corrected chi connectivity index (χ2v) is 5.35. The first kappa shape index (κ1) is 12.1. The number of carbonyl (C=O) groups is 2. The molecular weight excluding hydrogens is 250 g/mol. The van der Waals surface area contributed by atoms with Gasteiger partial charge in [-0.05, 0) is 35.1 Å². The Morgan fingerprint density at radius 1 is 1.37 bits per heavy atom. The predicted molar refractivity (Wildman–Crippen MR) is 61.8 cm³/mol. The van der Waals surface area contributed by atoms with Crippen LogP contribution in [0.1, 0.15) is 19.3 Å². The van der Waals surface area contributed by atoms with Crippen LogP contribution in [0.5, 0.6) is 0 Å². The molecule has 102 valence electrons. The summed E-state index contributed by atoms with van der Waals surface area (Å²) in [5.74, 6) is -0.924. The van der Waals surface area contributed by atoms with Crippen LogP contribution in [0.25, 0.3) is 0 Å². The van der Waals surface area contributed by atoms with Gasteiger partial charge in [0, 0.05) is 13.1 Å². The minimum Gasteiger partial charge on any atom is -0.481 e. The molecule has 1 N–H and O–H groups in total. The molecule has 1 aromatic heterocycles. The smallest absolute Gasteiger partial charge is 0.307 e. The van der Waals surface area contributed by atoms with Gasteiger partial charge in [0.1, 0.15) is 12.9 Å². The van der Waals surface area contributed by atoms with Crippen molar-refractivity contribution in [3.05, 3.63) is 6.33 Å². The normalized spacial score (nSPS) is 24.4. The molecule has 1 saturated carbocycles. The number of carboxylic acids is 1. The summed E-state index contributed by atoms with van der Waals surface area (Å²) in [6, 6.07) is 0. The molecule has 3 rings (SSSR count).